The lowest BCUT2D eigenvalue weighted by atomic mass is 10.2. The van der Waals surface area contributed by atoms with E-state index in [0.717, 1.165) is 18.2 Å². The van der Waals surface area contributed by atoms with Crippen molar-refractivity contribution in [3.8, 4) is 5.88 Å². The minimum atomic E-state index is 0.141. The lowest BCUT2D eigenvalue weighted by Gasteiger charge is -2.11. The van der Waals surface area contributed by atoms with Crippen LogP contribution in [0.15, 0.2) is 6.07 Å². The monoisotopic (exact) mass is 249 g/mol. The molecule has 1 aliphatic rings. The Kier molecular flexibility index (Phi) is 4.39. The molecule has 1 N–H and O–H groups in total. The lowest BCUT2D eigenvalue weighted by molar-refractivity contribution is 0.232. The summed E-state index contributed by atoms with van der Waals surface area (Å²) in [5.41, 5.74) is 0.936. The number of hydrogen-bond donors (Lipinski definition) is 1. The standard InChI is InChI=1S/C14H23N3O/c1-10(2)18-13-9-11(3)16-14(17-13)15-8-4-5-12-6-7-12/h9-10,12H,4-8H2,1-3H3,(H,15,16,17). The van der Waals surface area contributed by atoms with Crippen LogP contribution in [0.5, 0.6) is 5.88 Å². The predicted octanol–water partition coefficient (Wildman–Crippen LogP) is 3.17. The van der Waals surface area contributed by atoms with Gasteiger partial charge in [-0.3, -0.25) is 0 Å². The summed E-state index contributed by atoms with van der Waals surface area (Å²) in [6.45, 7) is 6.91. The number of nitrogens with one attached hydrogen (secondary N) is 1. The second-order valence-electron chi connectivity index (χ2n) is 5.35. The molecule has 0 spiro atoms. The zero-order valence-electron chi connectivity index (χ0n) is 11.6. The topological polar surface area (TPSA) is 47.0 Å². The number of nitrogens with zero attached hydrogens (tertiary/aromatic N) is 2. The fraction of sp³-hybridized carbons (Fsp3) is 0.714. The Labute approximate surface area is 109 Å². The molecule has 2 rings (SSSR count). The predicted molar refractivity (Wildman–Crippen MR) is 73.0 cm³/mol. The van der Waals surface area contributed by atoms with Crippen molar-refractivity contribution in [2.24, 2.45) is 5.92 Å². The molecule has 1 aromatic rings. The van der Waals surface area contributed by atoms with E-state index in [-0.39, 0.29) is 6.10 Å². The van der Waals surface area contributed by atoms with Crippen molar-refractivity contribution in [3.63, 3.8) is 0 Å². The Bertz CT molecular complexity index is 389. The molecular formula is C14H23N3O. The van der Waals surface area contributed by atoms with Gasteiger partial charge in [0.05, 0.1) is 6.10 Å². The van der Waals surface area contributed by atoms with Gasteiger partial charge in [-0.1, -0.05) is 12.8 Å². The van der Waals surface area contributed by atoms with E-state index in [1.807, 2.05) is 26.8 Å². The maximum Gasteiger partial charge on any atom is 0.226 e. The van der Waals surface area contributed by atoms with Gasteiger partial charge in [0, 0.05) is 18.3 Å². The summed E-state index contributed by atoms with van der Waals surface area (Å²) < 4.78 is 5.60. The van der Waals surface area contributed by atoms with Crippen molar-refractivity contribution in [1.29, 1.82) is 0 Å². The molecule has 0 aromatic carbocycles. The molecule has 100 valence electrons. The average Bonchev–Trinajstić information content (AvgIpc) is 3.06. The Balaban J connectivity index is 1.83. The maximum atomic E-state index is 5.60. The Hall–Kier alpha value is -1.32. The Morgan fingerprint density at radius 1 is 1.39 bits per heavy atom. The molecule has 0 unspecified atom stereocenters. The first-order chi connectivity index (χ1) is 8.63. The van der Waals surface area contributed by atoms with E-state index in [2.05, 4.69) is 15.3 Å². The highest BCUT2D eigenvalue weighted by Gasteiger charge is 2.19. The van der Waals surface area contributed by atoms with Gasteiger partial charge in [0.25, 0.3) is 0 Å². The van der Waals surface area contributed by atoms with E-state index in [9.17, 15) is 0 Å². The molecule has 0 aliphatic heterocycles. The fourth-order valence-electron chi connectivity index (χ4n) is 1.92. The van der Waals surface area contributed by atoms with Gasteiger partial charge in [-0.2, -0.15) is 4.98 Å². The van der Waals surface area contributed by atoms with Crippen LogP contribution < -0.4 is 10.1 Å². The Morgan fingerprint density at radius 3 is 2.83 bits per heavy atom. The fourth-order valence-corrected chi connectivity index (χ4v) is 1.92. The van der Waals surface area contributed by atoms with E-state index in [1.54, 1.807) is 0 Å². The van der Waals surface area contributed by atoms with Crippen LogP contribution in [0.3, 0.4) is 0 Å². The molecule has 1 saturated carbocycles. The van der Waals surface area contributed by atoms with Gasteiger partial charge < -0.3 is 10.1 Å². The van der Waals surface area contributed by atoms with Crippen molar-refractivity contribution in [1.82, 2.24) is 9.97 Å². The van der Waals surface area contributed by atoms with Crippen LogP contribution in [0.4, 0.5) is 5.95 Å². The summed E-state index contributed by atoms with van der Waals surface area (Å²) in [4.78, 5) is 8.73. The van der Waals surface area contributed by atoms with E-state index < -0.39 is 0 Å². The molecule has 0 radical (unpaired) electrons. The van der Waals surface area contributed by atoms with Gasteiger partial charge in [0.15, 0.2) is 0 Å². The summed E-state index contributed by atoms with van der Waals surface area (Å²) in [5, 5.41) is 3.28. The summed E-state index contributed by atoms with van der Waals surface area (Å²) >= 11 is 0. The van der Waals surface area contributed by atoms with Gasteiger partial charge in [-0.05, 0) is 39.5 Å². The smallest absolute Gasteiger partial charge is 0.226 e. The molecule has 1 fully saturated rings. The molecule has 0 amide bonds. The molecule has 1 heterocycles. The van der Waals surface area contributed by atoms with Crippen molar-refractivity contribution < 1.29 is 4.74 Å². The van der Waals surface area contributed by atoms with Crippen molar-refractivity contribution >= 4 is 5.95 Å². The molecule has 0 bridgehead atoms. The third-order valence-corrected chi connectivity index (χ3v) is 2.96. The highest BCUT2D eigenvalue weighted by atomic mass is 16.5. The van der Waals surface area contributed by atoms with Crippen molar-refractivity contribution in [3.05, 3.63) is 11.8 Å². The van der Waals surface area contributed by atoms with E-state index in [1.165, 1.54) is 25.7 Å². The second-order valence-corrected chi connectivity index (χ2v) is 5.35. The van der Waals surface area contributed by atoms with Crippen molar-refractivity contribution in [2.45, 2.75) is 52.6 Å². The largest absolute Gasteiger partial charge is 0.475 e. The second kappa shape index (κ2) is 6.03. The van der Waals surface area contributed by atoms with Gasteiger partial charge in [0.1, 0.15) is 0 Å². The average molecular weight is 249 g/mol. The molecule has 1 aliphatic carbocycles. The number of anilines is 1. The minimum Gasteiger partial charge on any atom is -0.475 e. The van der Waals surface area contributed by atoms with Crippen LogP contribution in [-0.4, -0.2) is 22.6 Å². The van der Waals surface area contributed by atoms with E-state index in [0.29, 0.717) is 11.8 Å². The van der Waals surface area contributed by atoms with Gasteiger partial charge in [-0.25, -0.2) is 4.98 Å². The van der Waals surface area contributed by atoms with Gasteiger partial charge in [-0.15, -0.1) is 0 Å². The first kappa shape index (κ1) is 13.1. The zero-order valence-corrected chi connectivity index (χ0v) is 11.6. The third kappa shape index (κ3) is 4.51. The summed E-state index contributed by atoms with van der Waals surface area (Å²) in [6, 6.07) is 1.87. The third-order valence-electron chi connectivity index (χ3n) is 2.96. The molecular weight excluding hydrogens is 226 g/mol. The first-order valence-corrected chi connectivity index (χ1v) is 6.89. The number of aromatic nitrogens is 2. The van der Waals surface area contributed by atoms with Crippen LogP contribution >= 0.6 is 0 Å². The van der Waals surface area contributed by atoms with Crippen LogP contribution in [-0.2, 0) is 0 Å². The van der Waals surface area contributed by atoms with E-state index in [4.69, 9.17) is 4.74 Å². The minimum absolute atomic E-state index is 0.141. The summed E-state index contributed by atoms with van der Waals surface area (Å²) in [7, 11) is 0. The molecule has 4 nitrogen and oxygen atoms in total. The van der Waals surface area contributed by atoms with Crippen LogP contribution in [0.1, 0.15) is 45.2 Å². The van der Waals surface area contributed by atoms with Gasteiger partial charge >= 0.3 is 0 Å². The van der Waals surface area contributed by atoms with E-state index >= 15 is 0 Å². The first-order valence-electron chi connectivity index (χ1n) is 6.89. The lowest BCUT2D eigenvalue weighted by Crippen LogP contribution is -2.11. The molecule has 0 atom stereocenters. The quantitative estimate of drug-likeness (QED) is 0.754. The van der Waals surface area contributed by atoms with Crippen LogP contribution in [0.25, 0.3) is 0 Å². The highest BCUT2D eigenvalue weighted by Crippen LogP contribution is 2.33. The maximum absolute atomic E-state index is 5.60. The van der Waals surface area contributed by atoms with Crippen LogP contribution in [0.2, 0.25) is 0 Å². The van der Waals surface area contributed by atoms with Gasteiger partial charge in [0.2, 0.25) is 11.8 Å². The normalized spacial score (nSPS) is 14.9. The Morgan fingerprint density at radius 2 is 2.17 bits per heavy atom. The number of aryl methyl sites for hydroxylation is 1. The molecule has 18 heavy (non-hydrogen) atoms. The SMILES string of the molecule is Cc1cc(OC(C)C)nc(NCCCC2CC2)n1. The van der Waals surface area contributed by atoms with Crippen LogP contribution in [0, 0.1) is 12.8 Å². The van der Waals surface area contributed by atoms with Crippen molar-refractivity contribution in [2.75, 3.05) is 11.9 Å². The molecule has 1 aromatic heterocycles. The number of hydrogen-bond acceptors (Lipinski definition) is 4. The zero-order chi connectivity index (χ0) is 13.0. The highest BCUT2D eigenvalue weighted by molar-refractivity contribution is 5.30. The molecule has 4 heteroatoms. The molecule has 0 saturated heterocycles. The summed E-state index contributed by atoms with van der Waals surface area (Å²) in [5.74, 6) is 2.33. The number of ether oxygens (including phenoxy) is 1. The summed E-state index contributed by atoms with van der Waals surface area (Å²) in [6.07, 6.45) is 5.51. The number of rotatable bonds is 7.